The largest absolute Gasteiger partial charge is 0.475 e. The Labute approximate surface area is 145 Å². The van der Waals surface area contributed by atoms with E-state index in [1.54, 1.807) is 0 Å². The fourth-order valence-corrected chi connectivity index (χ4v) is 2.54. The number of likely N-dealkylation sites (N-methyl/N-ethyl adjacent to an activating group) is 1. The molecule has 0 radical (unpaired) electrons. The maximum atomic E-state index is 15.6. The minimum absolute atomic E-state index is 0.199. The van der Waals surface area contributed by atoms with Crippen molar-refractivity contribution in [3.63, 3.8) is 0 Å². The molecule has 0 aliphatic heterocycles. The standard InChI is InChI=1S/C13H10F7N3O4/c1-22-9(25)10(14,7-5-3-2-4-6(7)8(21)24)11(23(26)27,12(15,16)17)13(18,19)20/h2-5H,1H3,(H2,21,24)(H,22,25). The lowest BCUT2D eigenvalue weighted by molar-refractivity contribution is -0.671. The number of rotatable bonds is 5. The van der Waals surface area contributed by atoms with E-state index < -0.39 is 51.4 Å². The molecular weight excluding hydrogens is 395 g/mol. The lowest BCUT2D eigenvalue weighted by Crippen LogP contribution is -2.75. The Morgan fingerprint density at radius 2 is 1.48 bits per heavy atom. The van der Waals surface area contributed by atoms with E-state index >= 15 is 4.39 Å². The predicted octanol–water partition coefficient (Wildman–Crippen LogP) is 1.84. The van der Waals surface area contributed by atoms with E-state index in [-0.39, 0.29) is 6.07 Å². The number of hydrogen-bond acceptors (Lipinski definition) is 4. The van der Waals surface area contributed by atoms with Crippen LogP contribution in [0.1, 0.15) is 15.9 Å². The molecule has 0 aliphatic carbocycles. The van der Waals surface area contributed by atoms with E-state index in [2.05, 4.69) is 0 Å². The first kappa shape index (κ1) is 22.1. The smallest absolute Gasteiger partial charge is 0.366 e. The predicted molar refractivity (Wildman–Crippen MR) is 73.6 cm³/mol. The van der Waals surface area contributed by atoms with Gasteiger partial charge in [-0.15, -0.1) is 0 Å². The van der Waals surface area contributed by atoms with Crippen LogP contribution >= 0.6 is 0 Å². The van der Waals surface area contributed by atoms with Gasteiger partial charge in [-0.3, -0.25) is 19.7 Å². The van der Waals surface area contributed by atoms with Crippen molar-refractivity contribution in [1.29, 1.82) is 0 Å². The Kier molecular flexibility index (Phi) is 5.46. The molecule has 3 N–H and O–H groups in total. The topological polar surface area (TPSA) is 115 Å². The summed E-state index contributed by atoms with van der Waals surface area (Å²) in [5.74, 6) is -4.36. The second-order valence-corrected chi connectivity index (χ2v) is 5.11. The van der Waals surface area contributed by atoms with Crippen LogP contribution < -0.4 is 11.1 Å². The van der Waals surface area contributed by atoms with Gasteiger partial charge in [-0.25, -0.2) is 4.39 Å². The number of nitrogens with two attached hydrogens (primary N) is 1. The van der Waals surface area contributed by atoms with Crippen molar-refractivity contribution in [1.82, 2.24) is 5.32 Å². The Morgan fingerprint density at radius 3 is 1.81 bits per heavy atom. The molecule has 0 heterocycles. The Bertz CT molecular complexity index is 764. The van der Waals surface area contributed by atoms with Gasteiger partial charge in [0.25, 0.3) is 5.91 Å². The molecule has 1 atom stereocenters. The average Bonchev–Trinajstić information content (AvgIpc) is 2.50. The highest BCUT2D eigenvalue weighted by Crippen LogP contribution is 2.57. The number of carbonyl (C=O) groups excluding carboxylic acids is 2. The third kappa shape index (κ3) is 2.94. The lowest BCUT2D eigenvalue weighted by Gasteiger charge is -2.39. The van der Waals surface area contributed by atoms with E-state index in [1.165, 1.54) is 5.32 Å². The van der Waals surface area contributed by atoms with Gasteiger partial charge in [0.15, 0.2) is 0 Å². The summed E-state index contributed by atoms with van der Waals surface area (Å²) in [6, 6.07) is 2.29. The van der Waals surface area contributed by atoms with Crippen molar-refractivity contribution < 1.29 is 45.2 Å². The van der Waals surface area contributed by atoms with Crippen LogP contribution in [0.2, 0.25) is 0 Å². The molecule has 1 aromatic rings. The first-order chi connectivity index (χ1) is 12.1. The number of nitrogens with zero attached hydrogens (tertiary/aromatic N) is 1. The molecule has 0 saturated heterocycles. The molecule has 0 bridgehead atoms. The molecular formula is C13H10F7N3O4. The number of alkyl halides is 7. The number of carbonyl (C=O) groups is 2. The Balaban J connectivity index is 4.27. The van der Waals surface area contributed by atoms with Crippen LogP contribution in [-0.2, 0) is 10.5 Å². The van der Waals surface area contributed by atoms with Crippen molar-refractivity contribution in [3.05, 3.63) is 45.5 Å². The number of hydrogen-bond donors (Lipinski definition) is 2. The van der Waals surface area contributed by atoms with Crippen LogP contribution in [0.5, 0.6) is 0 Å². The maximum absolute atomic E-state index is 15.6. The molecule has 0 aliphatic rings. The van der Waals surface area contributed by atoms with Crippen LogP contribution in [0.3, 0.4) is 0 Å². The molecule has 7 nitrogen and oxygen atoms in total. The number of primary amides is 1. The van der Waals surface area contributed by atoms with Gasteiger partial charge in [0.05, 0.1) is 4.92 Å². The van der Waals surface area contributed by atoms with Crippen molar-refractivity contribution >= 4 is 11.8 Å². The molecule has 2 amide bonds. The van der Waals surface area contributed by atoms with Gasteiger partial charge in [0.1, 0.15) is 0 Å². The number of nitro groups is 1. The van der Waals surface area contributed by atoms with Crippen molar-refractivity contribution in [2.75, 3.05) is 7.05 Å². The number of halogens is 7. The van der Waals surface area contributed by atoms with E-state index in [1.807, 2.05) is 0 Å². The molecule has 1 unspecified atom stereocenters. The summed E-state index contributed by atoms with van der Waals surface area (Å²) in [7, 11) is 0.459. The molecule has 14 heteroatoms. The highest BCUT2D eigenvalue weighted by atomic mass is 19.4. The summed E-state index contributed by atoms with van der Waals surface area (Å²) in [4.78, 5) is 31.4. The minimum Gasteiger partial charge on any atom is -0.366 e. The van der Waals surface area contributed by atoms with E-state index in [9.17, 15) is 46.0 Å². The Morgan fingerprint density at radius 1 is 1.04 bits per heavy atom. The van der Waals surface area contributed by atoms with Crippen LogP contribution in [0.15, 0.2) is 24.3 Å². The van der Waals surface area contributed by atoms with E-state index in [0.717, 1.165) is 6.07 Å². The summed E-state index contributed by atoms with van der Waals surface area (Å²) >= 11 is 0. The van der Waals surface area contributed by atoms with Crippen LogP contribution in [0, 0.1) is 10.1 Å². The fourth-order valence-electron chi connectivity index (χ4n) is 2.54. The zero-order chi connectivity index (χ0) is 21.4. The van der Waals surface area contributed by atoms with Crippen LogP contribution in [0.25, 0.3) is 0 Å². The third-order valence-corrected chi connectivity index (χ3v) is 3.70. The van der Waals surface area contributed by atoms with Gasteiger partial charge in [0.2, 0.25) is 5.91 Å². The minimum atomic E-state index is -6.94. The summed E-state index contributed by atoms with van der Waals surface area (Å²) in [5.41, 5.74) is -10.2. The van der Waals surface area contributed by atoms with E-state index in [4.69, 9.17) is 5.73 Å². The van der Waals surface area contributed by atoms with Crippen molar-refractivity contribution in [3.8, 4) is 0 Å². The van der Waals surface area contributed by atoms with Crippen LogP contribution in [-0.4, -0.2) is 41.7 Å². The molecule has 0 fully saturated rings. The summed E-state index contributed by atoms with van der Waals surface area (Å²) in [6.07, 6.45) is -13.9. The number of amides is 2. The second kappa shape index (κ2) is 6.66. The molecule has 0 saturated carbocycles. The quantitative estimate of drug-likeness (QED) is 0.442. The summed E-state index contributed by atoms with van der Waals surface area (Å²) < 4.78 is 96.2. The monoisotopic (exact) mass is 405 g/mol. The fraction of sp³-hybridized carbons (Fsp3) is 0.385. The van der Waals surface area contributed by atoms with Gasteiger partial charge < -0.3 is 11.1 Å². The summed E-state index contributed by atoms with van der Waals surface area (Å²) in [5, 5.41) is 12.3. The number of benzene rings is 1. The molecule has 1 rings (SSSR count). The highest BCUT2D eigenvalue weighted by Gasteiger charge is 2.94. The molecule has 1 aromatic carbocycles. The SMILES string of the molecule is CNC(=O)C(F)(c1ccccc1C(N)=O)C([N+](=O)[O-])(C(F)(F)F)C(F)(F)F. The average molecular weight is 405 g/mol. The number of nitrogens with one attached hydrogen (secondary N) is 1. The molecule has 27 heavy (non-hydrogen) atoms. The maximum Gasteiger partial charge on any atom is 0.475 e. The Hall–Kier alpha value is -2.93. The molecule has 0 aromatic heterocycles. The normalized spacial score (nSPS) is 15.0. The lowest BCUT2D eigenvalue weighted by atomic mass is 9.73. The van der Waals surface area contributed by atoms with E-state index in [0.29, 0.717) is 19.2 Å². The van der Waals surface area contributed by atoms with Crippen molar-refractivity contribution in [2.24, 2.45) is 5.73 Å². The van der Waals surface area contributed by atoms with Crippen LogP contribution in [0.4, 0.5) is 30.7 Å². The zero-order valence-corrected chi connectivity index (χ0v) is 13.1. The van der Waals surface area contributed by atoms with Gasteiger partial charge in [-0.2, -0.15) is 26.3 Å². The third-order valence-electron chi connectivity index (χ3n) is 3.70. The first-order valence-electron chi connectivity index (χ1n) is 6.69. The molecule has 0 spiro atoms. The first-order valence-corrected chi connectivity index (χ1v) is 6.69. The highest BCUT2D eigenvalue weighted by molar-refractivity contribution is 5.98. The van der Waals surface area contributed by atoms with Gasteiger partial charge in [0, 0.05) is 18.2 Å². The summed E-state index contributed by atoms with van der Waals surface area (Å²) in [6.45, 7) is 0. The second-order valence-electron chi connectivity index (χ2n) is 5.11. The molecule has 150 valence electrons. The zero-order valence-electron chi connectivity index (χ0n) is 13.1. The van der Waals surface area contributed by atoms with Gasteiger partial charge >= 0.3 is 23.6 Å². The van der Waals surface area contributed by atoms with Crippen molar-refractivity contribution in [2.45, 2.75) is 23.6 Å². The van der Waals surface area contributed by atoms with Gasteiger partial charge in [-0.05, 0) is 6.07 Å². The van der Waals surface area contributed by atoms with Gasteiger partial charge in [-0.1, -0.05) is 18.2 Å².